The maximum Gasteiger partial charge on any atom is 0.192 e. The zero-order valence-electron chi connectivity index (χ0n) is 11.6. The molecule has 0 aliphatic carbocycles. The van der Waals surface area contributed by atoms with Crippen LogP contribution in [0.3, 0.4) is 0 Å². The van der Waals surface area contributed by atoms with E-state index in [1.165, 1.54) is 5.56 Å². The molecule has 1 fully saturated rings. The van der Waals surface area contributed by atoms with Crippen LogP contribution < -0.4 is 5.32 Å². The lowest BCUT2D eigenvalue weighted by Crippen LogP contribution is -2.44. The zero-order chi connectivity index (χ0) is 13.2. The first-order chi connectivity index (χ1) is 9.22. The van der Waals surface area contributed by atoms with E-state index in [1.54, 1.807) is 0 Å². The van der Waals surface area contributed by atoms with Gasteiger partial charge in [-0.3, -0.25) is 0 Å². The van der Waals surface area contributed by atoms with E-state index in [0.717, 1.165) is 49.7 Å². The predicted molar refractivity (Wildman–Crippen MR) is 76.5 cm³/mol. The Labute approximate surface area is 113 Å². The highest BCUT2D eigenvalue weighted by Crippen LogP contribution is 2.23. The molecule has 1 saturated heterocycles. The van der Waals surface area contributed by atoms with Gasteiger partial charge < -0.3 is 14.6 Å². The number of aryl methyl sites for hydroxylation is 1. The predicted octanol–water partition coefficient (Wildman–Crippen LogP) is 2.14. The number of hydrogen-bond acceptors (Lipinski definition) is 4. The molecule has 2 heterocycles. The van der Waals surface area contributed by atoms with Crippen molar-refractivity contribution in [2.24, 2.45) is 0 Å². The Morgan fingerprint density at radius 3 is 2.95 bits per heavy atom. The van der Waals surface area contributed by atoms with Crippen LogP contribution in [-0.2, 0) is 0 Å². The summed E-state index contributed by atoms with van der Waals surface area (Å²) in [4.78, 5) is 6.87. The van der Waals surface area contributed by atoms with Gasteiger partial charge in [0.15, 0.2) is 11.5 Å². The van der Waals surface area contributed by atoms with Crippen LogP contribution in [0.25, 0.3) is 11.1 Å². The van der Waals surface area contributed by atoms with Crippen molar-refractivity contribution in [3.05, 3.63) is 29.7 Å². The largest absolute Gasteiger partial charge is 0.441 e. The van der Waals surface area contributed by atoms with E-state index in [4.69, 9.17) is 4.42 Å². The third kappa shape index (κ3) is 2.80. The number of benzene rings is 1. The van der Waals surface area contributed by atoms with Gasteiger partial charge in [0.05, 0.1) is 0 Å². The molecule has 19 heavy (non-hydrogen) atoms. The van der Waals surface area contributed by atoms with E-state index >= 15 is 0 Å². The van der Waals surface area contributed by atoms with Crippen molar-refractivity contribution in [3.8, 4) is 0 Å². The monoisotopic (exact) mass is 259 g/mol. The SMILES string of the molecule is Cc1nc2ccc(C(C)CN3CCNCC3)cc2o1. The molecule has 0 saturated carbocycles. The first-order valence-electron chi connectivity index (χ1n) is 7.02. The molecule has 2 aromatic rings. The first kappa shape index (κ1) is 12.6. The van der Waals surface area contributed by atoms with E-state index < -0.39 is 0 Å². The van der Waals surface area contributed by atoms with Crippen molar-refractivity contribution in [3.63, 3.8) is 0 Å². The summed E-state index contributed by atoms with van der Waals surface area (Å²) in [5.41, 5.74) is 3.19. The molecule has 1 aromatic carbocycles. The molecule has 3 rings (SSSR count). The summed E-state index contributed by atoms with van der Waals surface area (Å²) in [6.07, 6.45) is 0. The molecule has 1 aliphatic rings. The van der Waals surface area contributed by atoms with Crippen molar-refractivity contribution >= 4 is 11.1 Å². The second kappa shape index (κ2) is 5.31. The molecule has 0 amide bonds. The number of piperazine rings is 1. The van der Waals surface area contributed by atoms with Gasteiger partial charge in [0.2, 0.25) is 0 Å². The fraction of sp³-hybridized carbons (Fsp3) is 0.533. The Bertz CT molecular complexity index is 558. The maximum atomic E-state index is 5.61. The van der Waals surface area contributed by atoms with Crippen molar-refractivity contribution in [1.82, 2.24) is 15.2 Å². The quantitative estimate of drug-likeness (QED) is 0.917. The highest BCUT2D eigenvalue weighted by molar-refractivity contribution is 5.73. The van der Waals surface area contributed by atoms with Crippen LogP contribution in [0.4, 0.5) is 0 Å². The minimum Gasteiger partial charge on any atom is -0.441 e. The summed E-state index contributed by atoms with van der Waals surface area (Å²) in [5.74, 6) is 1.26. The third-order valence-electron chi connectivity index (χ3n) is 3.83. The number of nitrogens with one attached hydrogen (secondary N) is 1. The molecule has 1 atom stereocenters. The van der Waals surface area contributed by atoms with E-state index in [0.29, 0.717) is 5.92 Å². The fourth-order valence-corrected chi connectivity index (χ4v) is 2.75. The summed E-state index contributed by atoms with van der Waals surface area (Å²) in [5, 5.41) is 3.39. The molecule has 1 unspecified atom stereocenters. The van der Waals surface area contributed by atoms with Crippen molar-refractivity contribution in [1.29, 1.82) is 0 Å². The molecule has 0 radical (unpaired) electrons. The van der Waals surface area contributed by atoms with Gasteiger partial charge in [0.1, 0.15) is 5.52 Å². The highest BCUT2D eigenvalue weighted by Gasteiger charge is 2.15. The normalized spacial score (nSPS) is 18.8. The number of hydrogen-bond donors (Lipinski definition) is 1. The molecule has 1 N–H and O–H groups in total. The Balaban J connectivity index is 1.74. The van der Waals surface area contributed by atoms with Gasteiger partial charge in [-0.15, -0.1) is 0 Å². The van der Waals surface area contributed by atoms with Crippen LogP contribution >= 0.6 is 0 Å². The standard InChI is InChI=1S/C15H21N3O/c1-11(10-18-7-5-16-6-8-18)13-3-4-14-15(9-13)19-12(2)17-14/h3-4,9,11,16H,5-8,10H2,1-2H3. The number of oxazole rings is 1. The molecule has 0 spiro atoms. The summed E-state index contributed by atoms with van der Waals surface area (Å²) in [6, 6.07) is 6.38. The Morgan fingerprint density at radius 2 is 2.16 bits per heavy atom. The van der Waals surface area contributed by atoms with E-state index in [9.17, 15) is 0 Å². The lowest BCUT2D eigenvalue weighted by molar-refractivity contribution is 0.230. The summed E-state index contributed by atoms with van der Waals surface area (Å²) < 4.78 is 5.61. The van der Waals surface area contributed by atoms with E-state index in [-0.39, 0.29) is 0 Å². The lowest BCUT2D eigenvalue weighted by Gasteiger charge is -2.29. The zero-order valence-corrected chi connectivity index (χ0v) is 11.6. The number of fused-ring (bicyclic) bond motifs is 1. The van der Waals surface area contributed by atoms with Gasteiger partial charge in [0, 0.05) is 39.6 Å². The summed E-state index contributed by atoms with van der Waals surface area (Å²) in [7, 11) is 0. The molecule has 102 valence electrons. The molecule has 4 nitrogen and oxygen atoms in total. The molecule has 4 heteroatoms. The second-order valence-corrected chi connectivity index (χ2v) is 5.41. The minimum atomic E-state index is 0.521. The van der Waals surface area contributed by atoms with Crippen molar-refractivity contribution in [2.45, 2.75) is 19.8 Å². The van der Waals surface area contributed by atoms with Gasteiger partial charge in [-0.25, -0.2) is 4.98 Å². The molecular weight excluding hydrogens is 238 g/mol. The second-order valence-electron chi connectivity index (χ2n) is 5.41. The van der Waals surface area contributed by atoms with E-state index in [2.05, 4.69) is 40.3 Å². The first-order valence-corrected chi connectivity index (χ1v) is 7.02. The third-order valence-corrected chi connectivity index (χ3v) is 3.83. The van der Waals surface area contributed by atoms with Crippen molar-refractivity contribution < 1.29 is 4.42 Å². The average molecular weight is 259 g/mol. The molecule has 1 aliphatic heterocycles. The average Bonchev–Trinajstić information content (AvgIpc) is 2.78. The fourth-order valence-electron chi connectivity index (χ4n) is 2.75. The molecule has 1 aromatic heterocycles. The van der Waals surface area contributed by atoms with Crippen LogP contribution in [0.15, 0.2) is 22.6 Å². The lowest BCUT2D eigenvalue weighted by atomic mass is 10.00. The van der Waals surface area contributed by atoms with Crippen LogP contribution in [0.2, 0.25) is 0 Å². The number of rotatable bonds is 3. The summed E-state index contributed by atoms with van der Waals surface area (Å²) >= 11 is 0. The molecular formula is C15H21N3O. The van der Waals surface area contributed by atoms with Crippen LogP contribution in [0.5, 0.6) is 0 Å². The van der Waals surface area contributed by atoms with Gasteiger partial charge in [-0.05, 0) is 23.6 Å². The minimum absolute atomic E-state index is 0.521. The van der Waals surface area contributed by atoms with Gasteiger partial charge >= 0.3 is 0 Å². The maximum absolute atomic E-state index is 5.61. The number of aromatic nitrogens is 1. The van der Waals surface area contributed by atoms with Gasteiger partial charge in [-0.2, -0.15) is 0 Å². The van der Waals surface area contributed by atoms with Gasteiger partial charge in [-0.1, -0.05) is 13.0 Å². The topological polar surface area (TPSA) is 41.3 Å². The Morgan fingerprint density at radius 1 is 1.37 bits per heavy atom. The highest BCUT2D eigenvalue weighted by atomic mass is 16.3. The molecule has 0 bridgehead atoms. The van der Waals surface area contributed by atoms with E-state index in [1.807, 2.05) is 6.92 Å². The summed E-state index contributed by atoms with van der Waals surface area (Å²) in [6.45, 7) is 9.79. The van der Waals surface area contributed by atoms with Crippen molar-refractivity contribution in [2.75, 3.05) is 32.7 Å². The Kier molecular flexibility index (Phi) is 3.53. The van der Waals surface area contributed by atoms with Gasteiger partial charge in [0.25, 0.3) is 0 Å². The van der Waals surface area contributed by atoms with Crippen LogP contribution in [0.1, 0.15) is 24.3 Å². The smallest absolute Gasteiger partial charge is 0.192 e. The Hall–Kier alpha value is -1.39. The van der Waals surface area contributed by atoms with Crippen LogP contribution in [-0.4, -0.2) is 42.6 Å². The number of nitrogens with zero attached hydrogens (tertiary/aromatic N) is 2. The van der Waals surface area contributed by atoms with Crippen LogP contribution in [0, 0.1) is 6.92 Å².